The molecule has 20 heavy (non-hydrogen) atoms. The molecule has 3 heteroatoms. The molecule has 2 aromatic rings. The second kappa shape index (κ2) is 5.45. The van der Waals surface area contributed by atoms with Crippen molar-refractivity contribution in [3.8, 4) is 11.3 Å². The highest BCUT2D eigenvalue weighted by atomic mass is 16.2. The van der Waals surface area contributed by atoms with Crippen LogP contribution in [0.2, 0.25) is 0 Å². The molecule has 102 valence electrons. The normalized spacial score (nSPS) is 14.6. The molecule has 1 aliphatic heterocycles. The topological polar surface area (TPSA) is 33.2 Å². The fraction of sp³-hybridized carbons (Fsp3) is 0.294. The van der Waals surface area contributed by atoms with Gasteiger partial charge in [-0.05, 0) is 38.0 Å². The molecule has 1 saturated heterocycles. The fourth-order valence-corrected chi connectivity index (χ4v) is 2.60. The summed E-state index contributed by atoms with van der Waals surface area (Å²) in [4.78, 5) is 18.6. The third kappa shape index (κ3) is 2.57. The average molecular weight is 266 g/mol. The molecule has 0 bridgehead atoms. The summed E-state index contributed by atoms with van der Waals surface area (Å²) in [6.45, 7) is 3.81. The first-order valence-corrected chi connectivity index (χ1v) is 7.06. The maximum atomic E-state index is 12.2. The predicted octanol–water partition coefficient (Wildman–Crippen LogP) is 3.29. The van der Waals surface area contributed by atoms with E-state index in [0.29, 0.717) is 5.56 Å². The third-order valence-corrected chi connectivity index (χ3v) is 3.72. The van der Waals surface area contributed by atoms with Crippen molar-refractivity contribution in [2.45, 2.75) is 19.8 Å². The molecule has 0 N–H and O–H groups in total. The van der Waals surface area contributed by atoms with E-state index in [4.69, 9.17) is 0 Å². The lowest BCUT2D eigenvalue weighted by molar-refractivity contribution is 0.0792. The van der Waals surface area contributed by atoms with Crippen LogP contribution in [-0.4, -0.2) is 28.9 Å². The highest BCUT2D eigenvalue weighted by Crippen LogP contribution is 2.19. The van der Waals surface area contributed by atoms with Crippen LogP contribution in [0.4, 0.5) is 0 Å². The smallest absolute Gasteiger partial charge is 0.255 e. The largest absolute Gasteiger partial charge is 0.339 e. The summed E-state index contributed by atoms with van der Waals surface area (Å²) in [5.74, 6) is 0.103. The molecule has 0 saturated carbocycles. The number of hydrogen-bond donors (Lipinski definition) is 0. The van der Waals surface area contributed by atoms with Crippen LogP contribution in [0.3, 0.4) is 0 Å². The van der Waals surface area contributed by atoms with Crippen LogP contribution in [-0.2, 0) is 0 Å². The van der Waals surface area contributed by atoms with Crippen LogP contribution in [0, 0.1) is 6.92 Å². The van der Waals surface area contributed by atoms with Gasteiger partial charge in [-0.1, -0.05) is 23.8 Å². The molecule has 3 rings (SSSR count). The molecule has 0 atom stereocenters. The number of likely N-dealkylation sites (tertiary alicyclic amines) is 1. The lowest BCUT2D eigenvalue weighted by Gasteiger charge is -2.15. The zero-order chi connectivity index (χ0) is 13.9. The molecular formula is C17H18N2O. The SMILES string of the molecule is Cc1cccc(-c2ccc(C(=O)N3CCCC3)cn2)c1. The third-order valence-electron chi connectivity index (χ3n) is 3.72. The van der Waals surface area contributed by atoms with Gasteiger partial charge in [0.15, 0.2) is 0 Å². The van der Waals surface area contributed by atoms with E-state index in [-0.39, 0.29) is 5.91 Å². The lowest BCUT2D eigenvalue weighted by atomic mass is 10.1. The maximum absolute atomic E-state index is 12.2. The van der Waals surface area contributed by atoms with Crippen LogP contribution in [0.1, 0.15) is 28.8 Å². The minimum Gasteiger partial charge on any atom is -0.339 e. The van der Waals surface area contributed by atoms with E-state index in [1.807, 2.05) is 29.2 Å². The van der Waals surface area contributed by atoms with Crippen molar-refractivity contribution in [2.75, 3.05) is 13.1 Å². The van der Waals surface area contributed by atoms with Crippen molar-refractivity contribution >= 4 is 5.91 Å². The first-order chi connectivity index (χ1) is 9.74. The van der Waals surface area contributed by atoms with Gasteiger partial charge in [-0.15, -0.1) is 0 Å². The number of rotatable bonds is 2. The Morgan fingerprint density at radius 2 is 1.95 bits per heavy atom. The standard InChI is InChI=1S/C17H18N2O/c1-13-5-4-6-14(11-13)16-8-7-15(12-18-16)17(20)19-9-2-3-10-19/h4-8,11-12H,2-3,9-10H2,1H3. The number of amides is 1. The van der Waals surface area contributed by atoms with E-state index < -0.39 is 0 Å². The van der Waals surface area contributed by atoms with Crippen LogP contribution in [0.5, 0.6) is 0 Å². The van der Waals surface area contributed by atoms with E-state index in [9.17, 15) is 4.79 Å². The minimum absolute atomic E-state index is 0.103. The van der Waals surface area contributed by atoms with Gasteiger partial charge in [0.05, 0.1) is 11.3 Å². The molecule has 1 fully saturated rings. The number of nitrogens with zero attached hydrogens (tertiary/aromatic N) is 2. The van der Waals surface area contributed by atoms with E-state index in [1.54, 1.807) is 6.20 Å². The van der Waals surface area contributed by atoms with Crippen LogP contribution in [0.15, 0.2) is 42.6 Å². The number of carbonyl (C=O) groups excluding carboxylic acids is 1. The number of aromatic nitrogens is 1. The highest BCUT2D eigenvalue weighted by Gasteiger charge is 2.19. The molecule has 0 spiro atoms. The van der Waals surface area contributed by atoms with Gasteiger partial charge in [-0.3, -0.25) is 9.78 Å². The van der Waals surface area contributed by atoms with E-state index in [2.05, 4.69) is 24.0 Å². The summed E-state index contributed by atoms with van der Waals surface area (Å²) in [5.41, 5.74) is 3.89. The lowest BCUT2D eigenvalue weighted by Crippen LogP contribution is -2.27. The van der Waals surface area contributed by atoms with Gasteiger partial charge in [0.1, 0.15) is 0 Å². The van der Waals surface area contributed by atoms with Crippen molar-refractivity contribution < 1.29 is 4.79 Å². The Bertz CT molecular complexity index is 613. The van der Waals surface area contributed by atoms with Crippen LogP contribution in [0.25, 0.3) is 11.3 Å². The van der Waals surface area contributed by atoms with Gasteiger partial charge in [0, 0.05) is 24.8 Å². The number of hydrogen-bond acceptors (Lipinski definition) is 2. The summed E-state index contributed by atoms with van der Waals surface area (Å²) in [5, 5.41) is 0. The molecular weight excluding hydrogens is 248 g/mol. The Kier molecular flexibility index (Phi) is 3.50. The summed E-state index contributed by atoms with van der Waals surface area (Å²) >= 11 is 0. The fourth-order valence-electron chi connectivity index (χ4n) is 2.60. The van der Waals surface area contributed by atoms with Crippen LogP contribution < -0.4 is 0 Å². The monoisotopic (exact) mass is 266 g/mol. The summed E-state index contributed by atoms with van der Waals surface area (Å²) in [6.07, 6.45) is 3.92. The predicted molar refractivity (Wildman–Crippen MR) is 79.5 cm³/mol. The number of carbonyl (C=O) groups is 1. The molecule has 0 unspecified atom stereocenters. The Labute approximate surface area is 119 Å². The Morgan fingerprint density at radius 1 is 1.15 bits per heavy atom. The Morgan fingerprint density at radius 3 is 2.60 bits per heavy atom. The van der Waals surface area contributed by atoms with Crippen molar-refractivity contribution in [1.82, 2.24) is 9.88 Å². The molecule has 3 nitrogen and oxygen atoms in total. The summed E-state index contributed by atoms with van der Waals surface area (Å²) < 4.78 is 0. The van der Waals surface area contributed by atoms with Crippen LogP contribution >= 0.6 is 0 Å². The first-order valence-electron chi connectivity index (χ1n) is 7.06. The Balaban J connectivity index is 1.82. The molecule has 1 aromatic heterocycles. The quantitative estimate of drug-likeness (QED) is 0.835. The average Bonchev–Trinajstić information content (AvgIpc) is 3.01. The Hall–Kier alpha value is -2.16. The number of pyridine rings is 1. The number of aryl methyl sites for hydroxylation is 1. The van der Waals surface area contributed by atoms with Gasteiger partial charge >= 0.3 is 0 Å². The number of benzene rings is 1. The van der Waals surface area contributed by atoms with E-state index in [1.165, 1.54) is 5.56 Å². The molecule has 1 amide bonds. The van der Waals surface area contributed by atoms with Gasteiger partial charge < -0.3 is 4.90 Å². The zero-order valence-corrected chi connectivity index (χ0v) is 11.7. The van der Waals surface area contributed by atoms with Crippen molar-refractivity contribution in [3.05, 3.63) is 53.7 Å². The maximum Gasteiger partial charge on any atom is 0.255 e. The second-order valence-electron chi connectivity index (χ2n) is 5.30. The molecule has 2 heterocycles. The van der Waals surface area contributed by atoms with Crippen molar-refractivity contribution in [1.29, 1.82) is 0 Å². The van der Waals surface area contributed by atoms with Crippen molar-refractivity contribution in [2.24, 2.45) is 0 Å². The van der Waals surface area contributed by atoms with Gasteiger partial charge in [0.25, 0.3) is 5.91 Å². The van der Waals surface area contributed by atoms with E-state index >= 15 is 0 Å². The molecule has 0 radical (unpaired) electrons. The van der Waals surface area contributed by atoms with Gasteiger partial charge in [-0.2, -0.15) is 0 Å². The van der Waals surface area contributed by atoms with Crippen molar-refractivity contribution in [3.63, 3.8) is 0 Å². The van der Waals surface area contributed by atoms with Gasteiger partial charge in [0.2, 0.25) is 0 Å². The van der Waals surface area contributed by atoms with Gasteiger partial charge in [-0.25, -0.2) is 0 Å². The second-order valence-corrected chi connectivity index (χ2v) is 5.30. The minimum atomic E-state index is 0.103. The highest BCUT2D eigenvalue weighted by molar-refractivity contribution is 5.94. The van der Waals surface area contributed by atoms with E-state index in [0.717, 1.165) is 37.2 Å². The molecule has 1 aromatic carbocycles. The molecule has 0 aliphatic carbocycles. The summed E-state index contributed by atoms with van der Waals surface area (Å²) in [6, 6.07) is 12.0. The first kappa shape index (κ1) is 12.9. The summed E-state index contributed by atoms with van der Waals surface area (Å²) in [7, 11) is 0. The zero-order valence-electron chi connectivity index (χ0n) is 11.7. The molecule has 1 aliphatic rings.